The van der Waals surface area contributed by atoms with Crippen molar-refractivity contribution in [1.29, 1.82) is 0 Å². The molecule has 0 radical (unpaired) electrons. The van der Waals surface area contributed by atoms with E-state index >= 15 is 0 Å². The van der Waals surface area contributed by atoms with Crippen LogP contribution in [0.5, 0.6) is 0 Å². The van der Waals surface area contributed by atoms with Crippen molar-refractivity contribution < 1.29 is 0 Å². The highest BCUT2D eigenvalue weighted by Crippen LogP contribution is 2.27. The fourth-order valence-corrected chi connectivity index (χ4v) is 2.76. The van der Waals surface area contributed by atoms with E-state index < -0.39 is 0 Å². The van der Waals surface area contributed by atoms with E-state index in [1.54, 1.807) is 0 Å². The Balaban J connectivity index is 2.55. The van der Waals surface area contributed by atoms with Crippen molar-refractivity contribution in [3.63, 3.8) is 0 Å². The smallest absolute Gasteiger partial charge is 0.0590 e. The molecule has 1 nitrogen and oxygen atoms in total. The van der Waals surface area contributed by atoms with Gasteiger partial charge < -0.3 is 4.57 Å². The Hall–Kier alpha value is -1.15. The third-order valence-corrected chi connectivity index (χ3v) is 3.62. The molecule has 0 fully saturated rings. The van der Waals surface area contributed by atoms with Gasteiger partial charge in [-0.25, -0.2) is 0 Å². The largest absolute Gasteiger partial charge is 0.317 e. The first-order valence-electron chi connectivity index (χ1n) is 5.61. The summed E-state index contributed by atoms with van der Waals surface area (Å²) in [6.07, 6.45) is 0. The molecule has 0 N–H and O–H groups in total. The topological polar surface area (TPSA) is 4.93 Å². The summed E-state index contributed by atoms with van der Waals surface area (Å²) in [5, 5.41) is 0. The lowest BCUT2D eigenvalue weighted by Gasteiger charge is -2.13. The molecule has 0 atom stereocenters. The number of rotatable bonds is 3. The van der Waals surface area contributed by atoms with Crippen LogP contribution >= 0.6 is 11.8 Å². The summed E-state index contributed by atoms with van der Waals surface area (Å²) < 4.78 is 2.32. The predicted molar refractivity (Wildman–Crippen MR) is 71.6 cm³/mol. The summed E-state index contributed by atoms with van der Waals surface area (Å²) in [5.41, 5.74) is 3.89. The van der Waals surface area contributed by atoms with Crippen LogP contribution in [-0.4, -0.2) is 10.3 Å². The molecule has 1 heterocycles. The quantitative estimate of drug-likeness (QED) is 0.716. The van der Waals surface area contributed by atoms with Gasteiger partial charge in [0.15, 0.2) is 0 Å². The normalized spacial score (nSPS) is 10.7. The Labute approximate surface area is 101 Å². The van der Waals surface area contributed by atoms with E-state index in [0.717, 1.165) is 5.75 Å². The zero-order chi connectivity index (χ0) is 11.5. The van der Waals surface area contributed by atoms with E-state index in [0.29, 0.717) is 0 Å². The molecular formula is C14H17NS. The van der Waals surface area contributed by atoms with Crippen molar-refractivity contribution in [2.24, 2.45) is 0 Å². The Morgan fingerprint density at radius 1 is 1.00 bits per heavy atom. The summed E-state index contributed by atoms with van der Waals surface area (Å²) in [6.45, 7) is 6.50. The molecule has 0 saturated carbocycles. The summed E-state index contributed by atoms with van der Waals surface area (Å²) in [4.78, 5) is 1.35. The number of nitrogens with zero attached hydrogens (tertiary/aromatic N) is 1. The van der Waals surface area contributed by atoms with Crippen molar-refractivity contribution in [3.8, 4) is 5.69 Å². The van der Waals surface area contributed by atoms with Gasteiger partial charge in [-0.2, -0.15) is 0 Å². The van der Waals surface area contributed by atoms with Gasteiger partial charge in [0, 0.05) is 16.3 Å². The molecular weight excluding hydrogens is 214 g/mol. The van der Waals surface area contributed by atoms with Crippen molar-refractivity contribution in [3.05, 3.63) is 47.8 Å². The predicted octanol–water partition coefficient (Wildman–Crippen LogP) is 4.21. The molecule has 0 amide bonds. The van der Waals surface area contributed by atoms with Gasteiger partial charge in [0.25, 0.3) is 0 Å². The molecule has 0 aliphatic carbocycles. The maximum atomic E-state index is 2.32. The van der Waals surface area contributed by atoms with E-state index in [2.05, 4.69) is 61.7 Å². The first-order chi connectivity index (χ1) is 7.74. The molecule has 16 heavy (non-hydrogen) atoms. The highest BCUT2D eigenvalue weighted by atomic mass is 32.2. The van der Waals surface area contributed by atoms with E-state index in [9.17, 15) is 0 Å². The third-order valence-electron chi connectivity index (χ3n) is 2.68. The minimum Gasteiger partial charge on any atom is -0.317 e. The summed E-state index contributed by atoms with van der Waals surface area (Å²) in [5.74, 6) is 1.11. The highest BCUT2D eigenvalue weighted by Gasteiger charge is 2.07. The number of benzene rings is 1. The second kappa shape index (κ2) is 4.79. The number of thioether (sulfide) groups is 1. The fourth-order valence-electron chi connectivity index (χ4n) is 1.97. The number of aromatic nitrogens is 1. The maximum absolute atomic E-state index is 2.32. The third kappa shape index (κ3) is 2.03. The van der Waals surface area contributed by atoms with Gasteiger partial charge in [-0.05, 0) is 43.9 Å². The Bertz CT molecular complexity index is 466. The first-order valence-corrected chi connectivity index (χ1v) is 6.59. The van der Waals surface area contributed by atoms with Crippen LogP contribution < -0.4 is 0 Å². The zero-order valence-electron chi connectivity index (χ0n) is 10.0. The van der Waals surface area contributed by atoms with Gasteiger partial charge in [-0.3, -0.25) is 0 Å². The average molecular weight is 231 g/mol. The van der Waals surface area contributed by atoms with Crippen molar-refractivity contribution in [2.45, 2.75) is 25.7 Å². The summed E-state index contributed by atoms with van der Waals surface area (Å²) in [7, 11) is 0. The molecule has 2 rings (SSSR count). The molecule has 0 bridgehead atoms. The Morgan fingerprint density at radius 3 is 2.25 bits per heavy atom. The second-order valence-electron chi connectivity index (χ2n) is 3.85. The van der Waals surface area contributed by atoms with Crippen LogP contribution in [0, 0.1) is 13.8 Å². The number of para-hydroxylation sites is 1. The first kappa shape index (κ1) is 11.3. The van der Waals surface area contributed by atoms with Crippen molar-refractivity contribution >= 4 is 11.8 Å². The number of hydrogen-bond donors (Lipinski definition) is 0. The second-order valence-corrected chi connectivity index (χ2v) is 5.16. The molecule has 0 aliphatic rings. The van der Waals surface area contributed by atoms with Crippen LogP contribution in [0.4, 0.5) is 0 Å². The van der Waals surface area contributed by atoms with Crippen LogP contribution in [0.25, 0.3) is 5.69 Å². The molecule has 0 unspecified atom stereocenters. The minimum absolute atomic E-state index is 1.11. The van der Waals surface area contributed by atoms with Crippen LogP contribution in [0.3, 0.4) is 0 Å². The molecule has 1 aromatic carbocycles. The van der Waals surface area contributed by atoms with Crippen LogP contribution in [-0.2, 0) is 0 Å². The number of aryl methyl sites for hydroxylation is 2. The van der Waals surface area contributed by atoms with Gasteiger partial charge in [0.05, 0.1) is 5.69 Å². The molecule has 1 aromatic heterocycles. The average Bonchev–Trinajstić information content (AvgIpc) is 2.60. The Kier molecular flexibility index (Phi) is 3.39. The van der Waals surface area contributed by atoms with E-state index in [4.69, 9.17) is 0 Å². The zero-order valence-corrected chi connectivity index (χ0v) is 10.8. The van der Waals surface area contributed by atoms with Crippen LogP contribution in [0.15, 0.2) is 41.3 Å². The van der Waals surface area contributed by atoms with Crippen LogP contribution in [0.2, 0.25) is 0 Å². The molecule has 84 valence electrons. The Morgan fingerprint density at radius 2 is 1.62 bits per heavy atom. The molecule has 2 heteroatoms. The molecule has 0 saturated heterocycles. The molecule has 2 aromatic rings. The lowest BCUT2D eigenvalue weighted by molar-refractivity contribution is 0.942. The standard InChI is InChI=1S/C14H17NS/c1-4-16-14-8-6-5-7-13(14)15-11(2)9-10-12(15)3/h5-10H,4H2,1-3H3. The van der Waals surface area contributed by atoms with Crippen molar-refractivity contribution in [2.75, 3.05) is 5.75 Å². The lowest BCUT2D eigenvalue weighted by Crippen LogP contribution is -2.00. The van der Waals surface area contributed by atoms with Gasteiger partial charge >= 0.3 is 0 Å². The van der Waals surface area contributed by atoms with Gasteiger partial charge in [0.1, 0.15) is 0 Å². The highest BCUT2D eigenvalue weighted by molar-refractivity contribution is 7.99. The fraction of sp³-hybridized carbons (Fsp3) is 0.286. The van der Waals surface area contributed by atoms with Crippen molar-refractivity contribution in [1.82, 2.24) is 4.57 Å². The van der Waals surface area contributed by atoms with Gasteiger partial charge in [-0.15, -0.1) is 11.8 Å². The number of hydrogen-bond acceptors (Lipinski definition) is 1. The monoisotopic (exact) mass is 231 g/mol. The summed E-state index contributed by atoms with van der Waals surface area (Å²) in [6, 6.07) is 12.9. The molecule has 0 aliphatic heterocycles. The van der Waals surface area contributed by atoms with E-state index in [1.165, 1.54) is 22.0 Å². The lowest BCUT2D eigenvalue weighted by atomic mass is 10.3. The van der Waals surface area contributed by atoms with Crippen LogP contribution in [0.1, 0.15) is 18.3 Å². The maximum Gasteiger partial charge on any atom is 0.0590 e. The van der Waals surface area contributed by atoms with Gasteiger partial charge in [0.2, 0.25) is 0 Å². The van der Waals surface area contributed by atoms with E-state index in [-0.39, 0.29) is 0 Å². The van der Waals surface area contributed by atoms with Gasteiger partial charge in [-0.1, -0.05) is 19.1 Å². The van der Waals surface area contributed by atoms with E-state index in [1.807, 2.05) is 11.8 Å². The SMILES string of the molecule is CCSc1ccccc1-n1c(C)ccc1C. The molecule has 0 spiro atoms. The summed E-state index contributed by atoms with van der Waals surface area (Å²) >= 11 is 1.90. The minimum atomic E-state index is 1.11.